The molecule has 0 amide bonds. The van der Waals surface area contributed by atoms with Crippen molar-refractivity contribution in [1.29, 1.82) is 0 Å². The second kappa shape index (κ2) is 27.8. The van der Waals surface area contributed by atoms with Gasteiger partial charge in [-0.1, -0.05) is 0 Å². The maximum atomic E-state index is 5.84. The van der Waals surface area contributed by atoms with Gasteiger partial charge in [-0.25, -0.2) is 0 Å². The average Bonchev–Trinajstić information content (AvgIpc) is 3.31. The first-order valence-corrected chi connectivity index (χ1v) is 24.3. The van der Waals surface area contributed by atoms with Gasteiger partial charge in [-0.2, -0.15) is 0 Å². The molecule has 60 heavy (non-hydrogen) atoms. The highest BCUT2D eigenvalue weighted by Gasteiger charge is 2.22. The molecule has 11 heteroatoms. The first-order chi connectivity index (χ1) is 27.5. The van der Waals surface area contributed by atoms with E-state index in [1.807, 2.05) is 0 Å². The number of nitrogens with one attached hydrogen (secondary N) is 3. The molecule has 0 aromatic carbocycles. The van der Waals surface area contributed by atoms with Crippen molar-refractivity contribution in [2.45, 2.75) is 177 Å². The van der Waals surface area contributed by atoms with Crippen LogP contribution in [0, 0.1) is 5.92 Å². The van der Waals surface area contributed by atoms with Crippen molar-refractivity contribution in [3.05, 3.63) is 0 Å². The Labute approximate surface area is 374 Å². The monoisotopic (exact) mass is 855 g/mol. The molecule has 0 aromatic heterocycles. The van der Waals surface area contributed by atoms with Gasteiger partial charge in [0, 0.05) is 102 Å². The molecule has 3 N–H and O–H groups in total. The van der Waals surface area contributed by atoms with Crippen LogP contribution in [0.15, 0.2) is 0 Å². The highest BCUT2D eigenvalue weighted by molar-refractivity contribution is 4.79. The van der Waals surface area contributed by atoms with E-state index in [2.05, 4.69) is 165 Å². The molecule has 3 aliphatic rings. The predicted molar refractivity (Wildman–Crippen MR) is 260 cm³/mol. The van der Waals surface area contributed by atoms with Crippen LogP contribution in [0.1, 0.15) is 144 Å². The third kappa shape index (κ3) is 36.0. The second-order valence-electron chi connectivity index (χ2n) is 23.9. The predicted octanol–water partition coefficient (Wildman–Crippen LogP) is 6.91. The lowest BCUT2D eigenvalue weighted by Crippen LogP contribution is -2.50. The zero-order valence-electron chi connectivity index (χ0n) is 43.5. The molecule has 3 fully saturated rings. The van der Waals surface area contributed by atoms with Crippen molar-refractivity contribution >= 4 is 0 Å². The number of piperazine rings is 1. The van der Waals surface area contributed by atoms with Gasteiger partial charge in [-0.15, -0.1) is 0 Å². The van der Waals surface area contributed by atoms with Crippen molar-refractivity contribution in [3.63, 3.8) is 0 Å². The highest BCUT2D eigenvalue weighted by atomic mass is 16.5. The first kappa shape index (κ1) is 57.6. The number of hydrogen-bond donors (Lipinski definition) is 3. The Bertz CT molecular complexity index is 995. The second-order valence-corrected chi connectivity index (χ2v) is 23.9. The summed E-state index contributed by atoms with van der Waals surface area (Å²) in [6.45, 7) is 62.5. The molecule has 0 unspecified atom stereocenters. The molecule has 3 saturated heterocycles. The fourth-order valence-electron chi connectivity index (χ4n) is 7.19. The Morgan fingerprint density at radius 3 is 0.967 bits per heavy atom. The van der Waals surface area contributed by atoms with Crippen LogP contribution in [0.5, 0.6) is 0 Å². The van der Waals surface area contributed by atoms with Crippen LogP contribution in [-0.4, -0.2) is 196 Å². The molecule has 3 heterocycles. The third-order valence-corrected chi connectivity index (χ3v) is 10.8. The number of ether oxygens (including phenoxy) is 3. The van der Waals surface area contributed by atoms with E-state index < -0.39 is 0 Å². The topological polar surface area (TPSA) is 80.0 Å². The Hall–Kier alpha value is -0.440. The Morgan fingerprint density at radius 1 is 0.367 bits per heavy atom. The van der Waals surface area contributed by atoms with Crippen LogP contribution in [0.25, 0.3) is 0 Å². The summed E-state index contributed by atoms with van der Waals surface area (Å²) < 4.78 is 17.4. The summed E-state index contributed by atoms with van der Waals surface area (Å²) in [5.74, 6) is 0.846. The average molecular weight is 855 g/mol. The minimum absolute atomic E-state index is 0.00501. The smallest absolute Gasteiger partial charge is 0.0600 e. The number of hydrogen-bond acceptors (Lipinski definition) is 11. The lowest BCUT2D eigenvalue weighted by Gasteiger charge is -2.35. The molecule has 11 nitrogen and oxygen atoms in total. The van der Waals surface area contributed by atoms with E-state index in [0.29, 0.717) is 0 Å². The number of likely N-dealkylation sites (tertiary alicyclic amines) is 1. The van der Waals surface area contributed by atoms with E-state index in [-0.39, 0.29) is 33.4 Å². The molecule has 3 aliphatic heterocycles. The number of rotatable bonds is 17. The van der Waals surface area contributed by atoms with Crippen molar-refractivity contribution < 1.29 is 14.2 Å². The fourth-order valence-corrected chi connectivity index (χ4v) is 7.19. The standard InChI is InChI=1S/C17H37N3O.C16H35N3O.C16H34N2O/c1-16(2,3)18-8-11-19-9-7-10-20(13-12-19)14-15-21-17(4,5)6;1-15(2,3)17-7-8-18-9-11-19(12-10-18)13-14-20-16(4,5)6;1-15(2,3)17-13-14-7-9-18(10-8-14)11-12-19-16(4,5)6/h18H,7-15H2,1-6H3;17H,7-14H2,1-6H3;14,17H,7-13H2,1-6H3. The molecule has 0 bridgehead atoms. The Balaban J connectivity index is 0.000000451. The minimum atomic E-state index is -0.0174. The van der Waals surface area contributed by atoms with E-state index in [4.69, 9.17) is 14.2 Å². The van der Waals surface area contributed by atoms with Crippen molar-refractivity contribution in [1.82, 2.24) is 40.4 Å². The summed E-state index contributed by atoms with van der Waals surface area (Å²) in [4.78, 5) is 12.7. The first-order valence-electron chi connectivity index (χ1n) is 24.3. The molecule has 0 saturated carbocycles. The van der Waals surface area contributed by atoms with Gasteiger partial charge in [-0.3, -0.25) is 14.7 Å². The zero-order chi connectivity index (χ0) is 45.7. The Morgan fingerprint density at radius 2 is 0.650 bits per heavy atom. The normalized spacial score (nSPS) is 19.7. The van der Waals surface area contributed by atoms with E-state index >= 15 is 0 Å². The van der Waals surface area contributed by atoms with Gasteiger partial charge >= 0.3 is 0 Å². The van der Waals surface area contributed by atoms with Crippen LogP contribution >= 0.6 is 0 Å². The summed E-state index contributed by atoms with van der Waals surface area (Å²) in [5.41, 5.74) is 0.665. The minimum Gasteiger partial charge on any atom is -0.375 e. The molecule has 0 aromatic rings. The van der Waals surface area contributed by atoms with Crippen LogP contribution in [-0.2, 0) is 14.2 Å². The summed E-state index contributed by atoms with van der Waals surface area (Å²) >= 11 is 0. The molecular formula is C49H106N8O3. The summed E-state index contributed by atoms with van der Waals surface area (Å²) in [5, 5.41) is 10.8. The van der Waals surface area contributed by atoms with Crippen LogP contribution < -0.4 is 16.0 Å². The van der Waals surface area contributed by atoms with Gasteiger partial charge in [0.2, 0.25) is 0 Å². The maximum Gasteiger partial charge on any atom is 0.0600 e. The van der Waals surface area contributed by atoms with Gasteiger partial charge in [-0.05, 0) is 183 Å². The van der Waals surface area contributed by atoms with Gasteiger partial charge in [0.05, 0.1) is 36.6 Å². The van der Waals surface area contributed by atoms with Gasteiger partial charge in [0.1, 0.15) is 0 Å². The SMILES string of the molecule is CC(C)(C)NCC1CCN(CCOC(C)(C)C)CC1.CC(C)(C)NCCN1CCCN(CCOC(C)(C)C)CC1.CC(C)(C)NCCN1CCN(CCOC(C)(C)C)CC1. The summed E-state index contributed by atoms with van der Waals surface area (Å²) in [7, 11) is 0. The van der Waals surface area contributed by atoms with E-state index in [9.17, 15) is 0 Å². The molecule has 0 aliphatic carbocycles. The van der Waals surface area contributed by atoms with Crippen LogP contribution in [0.4, 0.5) is 0 Å². The lowest BCUT2D eigenvalue weighted by molar-refractivity contribution is -0.0178. The van der Waals surface area contributed by atoms with Gasteiger partial charge < -0.3 is 40.0 Å². The largest absolute Gasteiger partial charge is 0.375 e. The zero-order valence-corrected chi connectivity index (χ0v) is 43.5. The van der Waals surface area contributed by atoms with Crippen LogP contribution in [0.3, 0.4) is 0 Å². The molecule has 3 rings (SSSR count). The van der Waals surface area contributed by atoms with Crippen molar-refractivity contribution in [2.75, 3.05) is 138 Å². The summed E-state index contributed by atoms with van der Waals surface area (Å²) in [6.07, 6.45) is 3.90. The molecular weight excluding hydrogens is 749 g/mol. The quantitative estimate of drug-likeness (QED) is 0.143. The molecule has 0 spiro atoms. The van der Waals surface area contributed by atoms with Gasteiger partial charge in [0.25, 0.3) is 0 Å². The van der Waals surface area contributed by atoms with Crippen LogP contribution in [0.2, 0.25) is 0 Å². The van der Waals surface area contributed by atoms with Crippen molar-refractivity contribution in [3.8, 4) is 0 Å². The maximum absolute atomic E-state index is 5.84. The number of piperidine rings is 1. The molecule has 360 valence electrons. The van der Waals surface area contributed by atoms with E-state index in [1.54, 1.807) is 0 Å². The van der Waals surface area contributed by atoms with Crippen molar-refractivity contribution in [2.24, 2.45) is 5.92 Å². The molecule has 0 radical (unpaired) electrons. The highest BCUT2D eigenvalue weighted by Crippen LogP contribution is 2.18. The Kier molecular flexibility index (Phi) is 26.7. The lowest BCUT2D eigenvalue weighted by atomic mass is 9.95. The number of nitrogens with zero attached hydrogens (tertiary/aromatic N) is 5. The van der Waals surface area contributed by atoms with E-state index in [0.717, 1.165) is 78.1 Å². The van der Waals surface area contributed by atoms with Gasteiger partial charge in [0.15, 0.2) is 0 Å². The third-order valence-electron chi connectivity index (χ3n) is 10.8. The fraction of sp³-hybridized carbons (Fsp3) is 1.00. The molecule has 0 atom stereocenters. The summed E-state index contributed by atoms with van der Waals surface area (Å²) in [6, 6.07) is 0. The van der Waals surface area contributed by atoms with E-state index in [1.165, 1.54) is 84.7 Å².